The van der Waals surface area contributed by atoms with E-state index >= 15 is 0 Å². The fourth-order valence-electron chi connectivity index (χ4n) is 1.92. The van der Waals surface area contributed by atoms with Crippen molar-refractivity contribution in [3.8, 4) is 0 Å². The maximum absolute atomic E-state index is 13.5. The van der Waals surface area contributed by atoms with E-state index in [1.807, 2.05) is 43.3 Å². The zero-order valence-corrected chi connectivity index (χ0v) is 12.7. The molecule has 0 heterocycles. The van der Waals surface area contributed by atoms with Crippen LogP contribution < -0.4 is 15.5 Å². The largest absolute Gasteiger partial charge is 0.378 e. The summed E-state index contributed by atoms with van der Waals surface area (Å²) in [4.78, 5) is 13.7. The van der Waals surface area contributed by atoms with Crippen LogP contribution in [0.5, 0.6) is 0 Å². The van der Waals surface area contributed by atoms with Crippen LogP contribution in [0, 0.1) is 17.5 Å². The molecule has 2 aromatic carbocycles. The van der Waals surface area contributed by atoms with E-state index in [-0.39, 0.29) is 6.54 Å². The van der Waals surface area contributed by atoms with Crippen molar-refractivity contribution in [2.75, 3.05) is 24.3 Å². The van der Waals surface area contributed by atoms with Crippen LogP contribution in [-0.2, 0) is 6.54 Å². The van der Waals surface area contributed by atoms with Gasteiger partial charge in [-0.25, -0.2) is 18.0 Å². The molecule has 2 N–H and O–H groups in total. The molecule has 0 saturated carbocycles. The molecule has 7 heteroatoms. The standard InChI is InChI=1S/C16H16F3N3O/c1-22(2)11-5-3-4-10(8-11)9-20-16(23)21-13-7-6-12(17)14(18)15(13)19/h3-8H,9H2,1-2H3,(H2,20,21,23). The van der Waals surface area contributed by atoms with Gasteiger partial charge < -0.3 is 15.5 Å². The van der Waals surface area contributed by atoms with Crippen molar-refractivity contribution in [2.45, 2.75) is 6.54 Å². The highest BCUT2D eigenvalue weighted by atomic mass is 19.2. The third kappa shape index (κ3) is 4.15. The van der Waals surface area contributed by atoms with Gasteiger partial charge in [0.25, 0.3) is 0 Å². The highest BCUT2D eigenvalue weighted by Gasteiger charge is 2.15. The highest BCUT2D eigenvalue weighted by molar-refractivity contribution is 5.89. The molecule has 0 spiro atoms. The minimum Gasteiger partial charge on any atom is -0.378 e. The molecule has 2 aromatic rings. The molecule has 4 nitrogen and oxygen atoms in total. The summed E-state index contributed by atoms with van der Waals surface area (Å²) in [6.45, 7) is 0.207. The van der Waals surface area contributed by atoms with E-state index < -0.39 is 29.2 Å². The van der Waals surface area contributed by atoms with Gasteiger partial charge in [0, 0.05) is 26.3 Å². The summed E-state index contributed by atoms with van der Waals surface area (Å²) in [5, 5.41) is 4.67. The number of nitrogens with one attached hydrogen (secondary N) is 2. The zero-order valence-electron chi connectivity index (χ0n) is 12.7. The highest BCUT2D eigenvalue weighted by Crippen LogP contribution is 2.19. The summed E-state index contributed by atoms with van der Waals surface area (Å²) in [6.07, 6.45) is 0. The normalized spacial score (nSPS) is 10.3. The number of carbonyl (C=O) groups excluding carboxylic acids is 1. The van der Waals surface area contributed by atoms with E-state index in [4.69, 9.17) is 0 Å². The van der Waals surface area contributed by atoms with Gasteiger partial charge in [-0.15, -0.1) is 0 Å². The number of urea groups is 1. The molecular weight excluding hydrogens is 307 g/mol. The second kappa shape index (κ2) is 7.04. The smallest absolute Gasteiger partial charge is 0.319 e. The van der Waals surface area contributed by atoms with Crippen LogP contribution >= 0.6 is 0 Å². The quantitative estimate of drug-likeness (QED) is 0.846. The Balaban J connectivity index is 1.98. The number of carbonyl (C=O) groups is 1. The molecule has 0 atom stereocenters. The number of rotatable bonds is 4. The van der Waals surface area contributed by atoms with Crippen LogP contribution in [0.4, 0.5) is 29.3 Å². The molecule has 0 radical (unpaired) electrons. The Kier molecular flexibility index (Phi) is 5.10. The van der Waals surface area contributed by atoms with Crippen molar-refractivity contribution in [1.82, 2.24) is 5.32 Å². The van der Waals surface area contributed by atoms with Crippen LogP contribution in [0.1, 0.15) is 5.56 Å². The van der Waals surface area contributed by atoms with Gasteiger partial charge in [-0.05, 0) is 29.8 Å². The molecule has 0 aliphatic carbocycles. The van der Waals surface area contributed by atoms with Crippen molar-refractivity contribution in [1.29, 1.82) is 0 Å². The lowest BCUT2D eigenvalue weighted by atomic mass is 10.2. The predicted molar refractivity (Wildman–Crippen MR) is 82.9 cm³/mol. The number of nitrogens with zero attached hydrogens (tertiary/aromatic N) is 1. The van der Waals surface area contributed by atoms with Gasteiger partial charge in [-0.3, -0.25) is 0 Å². The lowest BCUT2D eigenvalue weighted by Crippen LogP contribution is -2.28. The van der Waals surface area contributed by atoms with E-state index in [9.17, 15) is 18.0 Å². The van der Waals surface area contributed by atoms with Crippen LogP contribution in [0.15, 0.2) is 36.4 Å². The monoisotopic (exact) mass is 323 g/mol. The summed E-state index contributed by atoms with van der Waals surface area (Å²) in [6, 6.07) is 8.46. The Bertz CT molecular complexity index is 720. The zero-order chi connectivity index (χ0) is 17.0. The Hall–Kier alpha value is -2.70. The molecule has 0 saturated heterocycles. The first kappa shape index (κ1) is 16.7. The number of hydrogen-bond acceptors (Lipinski definition) is 2. The van der Waals surface area contributed by atoms with E-state index in [1.165, 1.54) is 0 Å². The van der Waals surface area contributed by atoms with Gasteiger partial charge in [-0.1, -0.05) is 12.1 Å². The van der Waals surface area contributed by atoms with Gasteiger partial charge >= 0.3 is 6.03 Å². The third-order valence-electron chi connectivity index (χ3n) is 3.16. The molecular formula is C16H16F3N3O. The van der Waals surface area contributed by atoms with Gasteiger partial charge in [-0.2, -0.15) is 0 Å². The van der Waals surface area contributed by atoms with Gasteiger partial charge in [0.1, 0.15) is 0 Å². The minimum absolute atomic E-state index is 0.207. The summed E-state index contributed by atoms with van der Waals surface area (Å²) >= 11 is 0. The first-order valence-electron chi connectivity index (χ1n) is 6.83. The van der Waals surface area contributed by atoms with Crippen molar-refractivity contribution in [3.63, 3.8) is 0 Å². The van der Waals surface area contributed by atoms with Crippen molar-refractivity contribution in [2.24, 2.45) is 0 Å². The van der Waals surface area contributed by atoms with Crippen molar-refractivity contribution in [3.05, 3.63) is 59.4 Å². The van der Waals surface area contributed by atoms with Gasteiger partial charge in [0.2, 0.25) is 0 Å². The fraction of sp³-hybridized carbons (Fsp3) is 0.188. The first-order chi connectivity index (χ1) is 10.9. The molecule has 0 bridgehead atoms. The molecule has 0 aliphatic rings. The van der Waals surface area contributed by atoms with Crippen molar-refractivity contribution >= 4 is 17.4 Å². The number of amides is 2. The summed E-state index contributed by atoms with van der Waals surface area (Å²) in [5.41, 5.74) is 1.39. The summed E-state index contributed by atoms with van der Waals surface area (Å²) < 4.78 is 39.4. The average molecular weight is 323 g/mol. The summed E-state index contributed by atoms with van der Waals surface area (Å²) in [5.74, 6) is -4.37. The Morgan fingerprint density at radius 3 is 2.52 bits per heavy atom. The molecule has 0 aromatic heterocycles. The number of halogens is 3. The Labute approximate surface area is 131 Å². The average Bonchev–Trinajstić information content (AvgIpc) is 2.54. The fourth-order valence-corrected chi connectivity index (χ4v) is 1.92. The molecule has 23 heavy (non-hydrogen) atoms. The third-order valence-corrected chi connectivity index (χ3v) is 3.16. The first-order valence-corrected chi connectivity index (χ1v) is 6.83. The van der Waals surface area contributed by atoms with Gasteiger partial charge in [0.05, 0.1) is 5.69 Å². The minimum atomic E-state index is -1.62. The molecule has 0 fully saturated rings. The molecule has 0 unspecified atom stereocenters. The molecule has 0 aliphatic heterocycles. The Morgan fingerprint density at radius 1 is 1.09 bits per heavy atom. The predicted octanol–water partition coefficient (Wildman–Crippen LogP) is 3.49. The SMILES string of the molecule is CN(C)c1cccc(CNC(=O)Nc2ccc(F)c(F)c2F)c1. The lowest BCUT2D eigenvalue weighted by Gasteiger charge is -2.14. The van der Waals surface area contributed by atoms with E-state index in [1.54, 1.807) is 0 Å². The lowest BCUT2D eigenvalue weighted by molar-refractivity contribution is 0.251. The van der Waals surface area contributed by atoms with Gasteiger partial charge in [0.15, 0.2) is 17.5 Å². The molecule has 122 valence electrons. The van der Waals surface area contributed by atoms with E-state index in [0.717, 1.165) is 23.4 Å². The molecule has 2 amide bonds. The van der Waals surface area contributed by atoms with Crippen LogP contribution in [0.2, 0.25) is 0 Å². The topological polar surface area (TPSA) is 44.4 Å². The number of benzene rings is 2. The number of hydrogen-bond donors (Lipinski definition) is 2. The van der Waals surface area contributed by atoms with E-state index in [0.29, 0.717) is 0 Å². The number of anilines is 2. The summed E-state index contributed by atoms with van der Waals surface area (Å²) in [7, 11) is 3.79. The maximum Gasteiger partial charge on any atom is 0.319 e. The second-order valence-corrected chi connectivity index (χ2v) is 5.09. The maximum atomic E-state index is 13.5. The Morgan fingerprint density at radius 2 is 1.83 bits per heavy atom. The second-order valence-electron chi connectivity index (χ2n) is 5.09. The van der Waals surface area contributed by atoms with E-state index in [2.05, 4.69) is 10.6 Å². The van der Waals surface area contributed by atoms with Crippen molar-refractivity contribution < 1.29 is 18.0 Å². The van der Waals surface area contributed by atoms with Crippen LogP contribution in [-0.4, -0.2) is 20.1 Å². The molecule has 2 rings (SSSR count). The van der Waals surface area contributed by atoms with Crippen LogP contribution in [0.3, 0.4) is 0 Å². The van der Waals surface area contributed by atoms with Crippen LogP contribution in [0.25, 0.3) is 0 Å².